The highest BCUT2D eigenvalue weighted by molar-refractivity contribution is 6.35. The topological polar surface area (TPSA) is 63.8 Å². The van der Waals surface area contributed by atoms with Crippen LogP contribution in [0.15, 0.2) is 45.9 Å². The fourth-order valence-corrected chi connectivity index (χ4v) is 2.06. The van der Waals surface area contributed by atoms with E-state index in [1.54, 1.807) is 24.3 Å². The molecule has 23 heavy (non-hydrogen) atoms. The minimum absolute atomic E-state index is 0.209. The number of allylic oxidation sites excluding steroid dienone is 1. The summed E-state index contributed by atoms with van der Waals surface area (Å²) in [6.07, 6.45) is 4.81. The highest BCUT2D eigenvalue weighted by Crippen LogP contribution is 2.27. The first kappa shape index (κ1) is 17.1. The van der Waals surface area contributed by atoms with Crippen LogP contribution < -0.4 is 10.2 Å². The normalized spacial score (nSPS) is 11.3. The number of ether oxygens (including phenoxy) is 1. The van der Waals surface area contributed by atoms with E-state index in [9.17, 15) is 4.79 Å². The zero-order chi connectivity index (χ0) is 16.7. The Kier molecular flexibility index (Phi) is 6.26. The maximum atomic E-state index is 11.6. The number of amides is 1. The van der Waals surface area contributed by atoms with E-state index in [4.69, 9.17) is 32.4 Å². The molecule has 0 radical (unpaired) electrons. The molecule has 0 aliphatic heterocycles. The van der Waals surface area contributed by atoms with Crippen molar-refractivity contribution in [2.24, 2.45) is 5.10 Å². The lowest BCUT2D eigenvalue weighted by molar-refractivity contribution is -0.123. The van der Waals surface area contributed by atoms with E-state index < -0.39 is 5.91 Å². The van der Waals surface area contributed by atoms with Crippen molar-refractivity contribution in [3.63, 3.8) is 0 Å². The summed E-state index contributed by atoms with van der Waals surface area (Å²) in [5.41, 5.74) is 2.33. The third kappa shape index (κ3) is 5.81. The van der Waals surface area contributed by atoms with Gasteiger partial charge < -0.3 is 9.15 Å². The van der Waals surface area contributed by atoms with Crippen molar-refractivity contribution in [2.45, 2.75) is 6.92 Å². The molecule has 0 fully saturated rings. The maximum absolute atomic E-state index is 11.6. The molecule has 0 saturated heterocycles. The highest BCUT2D eigenvalue weighted by Gasteiger charge is 2.05. The molecule has 5 nitrogen and oxygen atoms in total. The van der Waals surface area contributed by atoms with E-state index in [-0.39, 0.29) is 6.61 Å². The summed E-state index contributed by atoms with van der Waals surface area (Å²) >= 11 is 11.7. The monoisotopic (exact) mass is 352 g/mol. The van der Waals surface area contributed by atoms with Crippen LogP contribution in [-0.2, 0) is 4.79 Å². The van der Waals surface area contributed by atoms with Gasteiger partial charge in [0, 0.05) is 11.2 Å². The zero-order valence-electron chi connectivity index (χ0n) is 12.3. The summed E-state index contributed by atoms with van der Waals surface area (Å²) in [6.45, 7) is 1.65. The molecule has 1 amide bonds. The van der Waals surface area contributed by atoms with E-state index in [1.165, 1.54) is 12.3 Å². The standard InChI is InChI=1S/C16H14Cl2N2O3/c1-11-4-6-13(23-11)3-2-8-19-20-16(21)10-22-15-7-5-12(17)9-14(15)18/h2-9H,10H2,1H3,(H,20,21)/b3-2+,19-8+. The van der Waals surface area contributed by atoms with Gasteiger partial charge in [0.2, 0.25) is 0 Å². The third-order valence-electron chi connectivity index (χ3n) is 2.62. The van der Waals surface area contributed by atoms with Gasteiger partial charge in [-0.05, 0) is 49.4 Å². The number of nitrogens with zero attached hydrogens (tertiary/aromatic N) is 1. The van der Waals surface area contributed by atoms with Crippen LogP contribution in [0.2, 0.25) is 10.0 Å². The van der Waals surface area contributed by atoms with Gasteiger partial charge in [-0.3, -0.25) is 4.79 Å². The number of nitrogens with one attached hydrogen (secondary N) is 1. The second-order valence-electron chi connectivity index (χ2n) is 4.48. The average molecular weight is 353 g/mol. The lowest BCUT2D eigenvalue weighted by Crippen LogP contribution is -2.24. The molecule has 7 heteroatoms. The van der Waals surface area contributed by atoms with Crippen LogP contribution in [0.4, 0.5) is 0 Å². The smallest absolute Gasteiger partial charge is 0.277 e. The Hall–Kier alpha value is -2.24. The molecule has 0 spiro atoms. The Morgan fingerprint density at radius 3 is 2.87 bits per heavy atom. The van der Waals surface area contributed by atoms with Gasteiger partial charge in [-0.2, -0.15) is 5.10 Å². The van der Waals surface area contributed by atoms with Gasteiger partial charge in [-0.15, -0.1) is 0 Å². The summed E-state index contributed by atoms with van der Waals surface area (Å²) in [4.78, 5) is 11.6. The van der Waals surface area contributed by atoms with E-state index in [0.29, 0.717) is 21.6 Å². The summed E-state index contributed by atoms with van der Waals surface area (Å²) in [5.74, 6) is 1.51. The molecular weight excluding hydrogens is 339 g/mol. The SMILES string of the molecule is Cc1ccc(/C=C/C=N/NC(=O)COc2ccc(Cl)cc2Cl)o1. The number of carbonyl (C=O) groups is 1. The second-order valence-corrected chi connectivity index (χ2v) is 5.33. The first-order chi connectivity index (χ1) is 11.0. The van der Waals surface area contributed by atoms with Crippen LogP contribution in [0.25, 0.3) is 6.08 Å². The first-order valence-electron chi connectivity index (χ1n) is 6.67. The van der Waals surface area contributed by atoms with Gasteiger partial charge >= 0.3 is 0 Å². The Bertz CT molecular complexity index is 739. The van der Waals surface area contributed by atoms with E-state index in [2.05, 4.69) is 10.5 Å². The molecule has 2 rings (SSSR count). The molecule has 1 N–H and O–H groups in total. The largest absolute Gasteiger partial charge is 0.482 e. The van der Waals surface area contributed by atoms with Crippen LogP contribution in [0, 0.1) is 6.92 Å². The Labute approximate surface area is 143 Å². The van der Waals surface area contributed by atoms with Crippen molar-refractivity contribution in [1.29, 1.82) is 0 Å². The molecule has 120 valence electrons. The number of rotatable bonds is 6. The molecule has 1 aromatic carbocycles. The first-order valence-corrected chi connectivity index (χ1v) is 7.43. The van der Waals surface area contributed by atoms with E-state index in [0.717, 1.165) is 5.76 Å². The van der Waals surface area contributed by atoms with Crippen molar-refractivity contribution in [3.8, 4) is 5.75 Å². The maximum Gasteiger partial charge on any atom is 0.277 e. The molecule has 0 aliphatic rings. The van der Waals surface area contributed by atoms with Crippen LogP contribution in [0.3, 0.4) is 0 Å². The van der Waals surface area contributed by atoms with Gasteiger partial charge in [-0.1, -0.05) is 23.2 Å². The number of furan rings is 1. The summed E-state index contributed by atoms with van der Waals surface area (Å²) in [7, 11) is 0. The second kappa shape index (κ2) is 8.41. The Balaban J connectivity index is 1.74. The number of aryl methyl sites for hydroxylation is 1. The number of hydrazone groups is 1. The predicted octanol–water partition coefficient (Wildman–Crippen LogP) is 4.09. The number of hydrogen-bond donors (Lipinski definition) is 1. The van der Waals surface area contributed by atoms with E-state index in [1.807, 2.05) is 19.1 Å². The van der Waals surface area contributed by atoms with Gasteiger partial charge in [-0.25, -0.2) is 5.43 Å². The van der Waals surface area contributed by atoms with Gasteiger partial charge in [0.15, 0.2) is 6.61 Å². The van der Waals surface area contributed by atoms with Gasteiger partial charge in [0.1, 0.15) is 17.3 Å². The van der Waals surface area contributed by atoms with Crippen LogP contribution in [0.1, 0.15) is 11.5 Å². The van der Waals surface area contributed by atoms with Crippen molar-refractivity contribution in [3.05, 3.63) is 58.0 Å². The van der Waals surface area contributed by atoms with Gasteiger partial charge in [0.25, 0.3) is 5.91 Å². The molecule has 0 saturated carbocycles. The molecule has 0 unspecified atom stereocenters. The third-order valence-corrected chi connectivity index (χ3v) is 3.15. The zero-order valence-corrected chi connectivity index (χ0v) is 13.8. The van der Waals surface area contributed by atoms with Crippen LogP contribution in [-0.4, -0.2) is 18.7 Å². The number of carbonyl (C=O) groups excluding carboxylic acids is 1. The predicted molar refractivity (Wildman–Crippen MR) is 91.1 cm³/mol. The van der Waals surface area contributed by atoms with Crippen LogP contribution >= 0.6 is 23.2 Å². The van der Waals surface area contributed by atoms with Crippen molar-refractivity contribution in [1.82, 2.24) is 5.43 Å². The fourth-order valence-electron chi connectivity index (χ4n) is 1.60. The molecule has 1 heterocycles. The summed E-state index contributed by atoms with van der Waals surface area (Å²) < 4.78 is 10.6. The number of benzene rings is 1. The number of hydrogen-bond acceptors (Lipinski definition) is 4. The lowest BCUT2D eigenvalue weighted by atomic mass is 10.3. The molecular formula is C16H14Cl2N2O3. The summed E-state index contributed by atoms with van der Waals surface area (Å²) in [6, 6.07) is 8.45. The van der Waals surface area contributed by atoms with Crippen molar-refractivity contribution < 1.29 is 13.9 Å². The molecule has 1 aromatic heterocycles. The quantitative estimate of drug-likeness (QED) is 0.628. The van der Waals surface area contributed by atoms with E-state index >= 15 is 0 Å². The molecule has 0 aliphatic carbocycles. The number of halogens is 2. The Morgan fingerprint density at radius 2 is 2.17 bits per heavy atom. The van der Waals surface area contributed by atoms with Crippen molar-refractivity contribution >= 4 is 41.4 Å². The van der Waals surface area contributed by atoms with Crippen molar-refractivity contribution in [2.75, 3.05) is 6.61 Å². The minimum Gasteiger partial charge on any atom is -0.482 e. The van der Waals surface area contributed by atoms with Crippen LogP contribution in [0.5, 0.6) is 5.75 Å². The van der Waals surface area contributed by atoms with Gasteiger partial charge in [0.05, 0.1) is 5.02 Å². The Morgan fingerprint density at radius 1 is 1.35 bits per heavy atom. The molecule has 0 atom stereocenters. The summed E-state index contributed by atoms with van der Waals surface area (Å²) in [5, 5.41) is 4.59. The fraction of sp³-hybridized carbons (Fsp3) is 0.125. The lowest BCUT2D eigenvalue weighted by Gasteiger charge is -2.06. The molecule has 0 bridgehead atoms. The molecule has 2 aromatic rings. The highest BCUT2D eigenvalue weighted by atomic mass is 35.5. The average Bonchev–Trinajstić information content (AvgIpc) is 2.91. The minimum atomic E-state index is -0.408.